The topological polar surface area (TPSA) is 68.0 Å². The summed E-state index contributed by atoms with van der Waals surface area (Å²) in [4.78, 5) is 14.2. The van der Waals surface area contributed by atoms with Crippen molar-refractivity contribution in [2.24, 2.45) is 0 Å². The van der Waals surface area contributed by atoms with Gasteiger partial charge < -0.3 is 5.32 Å². The SMILES string of the molecule is CCc1cnc(C(C)Nc2cc(C)nc3ncnn23)s1. The van der Waals surface area contributed by atoms with Crippen molar-refractivity contribution in [3.63, 3.8) is 0 Å². The molecule has 7 heteroatoms. The van der Waals surface area contributed by atoms with Crippen molar-refractivity contribution in [3.05, 3.63) is 34.2 Å². The van der Waals surface area contributed by atoms with E-state index in [2.05, 4.69) is 39.2 Å². The molecule has 20 heavy (non-hydrogen) atoms. The lowest BCUT2D eigenvalue weighted by atomic mass is 10.3. The molecule has 0 saturated carbocycles. The minimum absolute atomic E-state index is 0.120. The molecule has 0 aromatic carbocycles. The van der Waals surface area contributed by atoms with Crippen LogP contribution in [0, 0.1) is 6.92 Å². The Bertz CT molecular complexity index is 731. The van der Waals surface area contributed by atoms with Gasteiger partial charge in [-0.2, -0.15) is 14.6 Å². The zero-order chi connectivity index (χ0) is 14.1. The molecule has 0 bridgehead atoms. The molecule has 0 radical (unpaired) electrons. The number of thiazole rings is 1. The first-order valence-electron chi connectivity index (χ1n) is 6.56. The Hall–Kier alpha value is -2.02. The fourth-order valence-corrected chi connectivity index (χ4v) is 2.86. The van der Waals surface area contributed by atoms with E-state index >= 15 is 0 Å². The second-order valence-electron chi connectivity index (χ2n) is 4.64. The van der Waals surface area contributed by atoms with Crippen molar-refractivity contribution < 1.29 is 0 Å². The van der Waals surface area contributed by atoms with E-state index in [0.717, 1.165) is 22.9 Å². The van der Waals surface area contributed by atoms with Crippen LogP contribution in [0.3, 0.4) is 0 Å². The van der Waals surface area contributed by atoms with Gasteiger partial charge in [0.1, 0.15) is 17.2 Å². The molecule has 1 N–H and O–H groups in total. The molecule has 1 unspecified atom stereocenters. The summed E-state index contributed by atoms with van der Waals surface area (Å²) in [7, 11) is 0. The quantitative estimate of drug-likeness (QED) is 0.799. The van der Waals surface area contributed by atoms with Gasteiger partial charge in [0.05, 0.1) is 6.04 Å². The minimum Gasteiger partial charge on any atom is -0.361 e. The Morgan fingerprint density at radius 3 is 3.00 bits per heavy atom. The van der Waals surface area contributed by atoms with Crippen molar-refractivity contribution in [2.75, 3.05) is 5.32 Å². The van der Waals surface area contributed by atoms with Gasteiger partial charge in [-0.1, -0.05) is 6.92 Å². The molecule has 3 heterocycles. The van der Waals surface area contributed by atoms with Crippen molar-refractivity contribution in [1.82, 2.24) is 24.6 Å². The van der Waals surface area contributed by atoms with Crippen LogP contribution >= 0.6 is 11.3 Å². The molecule has 3 aromatic heterocycles. The van der Waals surface area contributed by atoms with E-state index in [1.807, 2.05) is 19.2 Å². The Morgan fingerprint density at radius 1 is 1.40 bits per heavy atom. The zero-order valence-corrected chi connectivity index (χ0v) is 12.5. The van der Waals surface area contributed by atoms with E-state index in [9.17, 15) is 0 Å². The Kier molecular flexibility index (Phi) is 3.35. The van der Waals surface area contributed by atoms with Gasteiger partial charge in [0.25, 0.3) is 5.78 Å². The predicted octanol–water partition coefficient (Wildman–Crippen LogP) is 2.62. The molecule has 0 fully saturated rings. The lowest BCUT2D eigenvalue weighted by molar-refractivity contribution is 0.829. The van der Waals surface area contributed by atoms with Crippen molar-refractivity contribution in [3.8, 4) is 0 Å². The minimum atomic E-state index is 0.120. The van der Waals surface area contributed by atoms with Gasteiger partial charge in [0.15, 0.2) is 0 Å². The van der Waals surface area contributed by atoms with Gasteiger partial charge in [-0.15, -0.1) is 11.3 Å². The number of fused-ring (bicyclic) bond motifs is 1. The first kappa shape index (κ1) is 13.0. The predicted molar refractivity (Wildman–Crippen MR) is 79.0 cm³/mol. The van der Waals surface area contributed by atoms with Crippen LogP contribution in [0.25, 0.3) is 5.78 Å². The highest BCUT2D eigenvalue weighted by Crippen LogP contribution is 2.24. The third kappa shape index (κ3) is 2.36. The van der Waals surface area contributed by atoms with Crippen LogP contribution < -0.4 is 5.32 Å². The van der Waals surface area contributed by atoms with E-state index in [4.69, 9.17) is 0 Å². The van der Waals surface area contributed by atoms with Crippen LogP contribution in [0.15, 0.2) is 18.6 Å². The second kappa shape index (κ2) is 5.16. The summed E-state index contributed by atoms with van der Waals surface area (Å²) < 4.78 is 1.71. The van der Waals surface area contributed by atoms with Crippen LogP contribution in [0.4, 0.5) is 5.82 Å². The summed E-state index contributed by atoms with van der Waals surface area (Å²) in [5, 5.41) is 8.70. The molecule has 0 aliphatic carbocycles. The number of anilines is 1. The third-order valence-corrected chi connectivity index (χ3v) is 4.36. The Balaban J connectivity index is 1.90. The monoisotopic (exact) mass is 288 g/mol. The molecule has 0 aliphatic rings. The summed E-state index contributed by atoms with van der Waals surface area (Å²) in [6, 6.07) is 2.08. The number of hydrogen-bond acceptors (Lipinski definition) is 6. The third-order valence-electron chi connectivity index (χ3n) is 3.03. The lowest BCUT2D eigenvalue weighted by Crippen LogP contribution is -2.11. The van der Waals surface area contributed by atoms with E-state index in [-0.39, 0.29) is 6.04 Å². The average molecular weight is 288 g/mol. The van der Waals surface area contributed by atoms with E-state index in [1.54, 1.807) is 15.9 Å². The molecule has 0 spiro atoms. The van der Waals surface area contributed by atoms with Crippen molar-refractivity contribution in [1.29, 1.82) is 0 Å². The Morgan fingerprint density at radius 2 is 2.25 bits per heavy atom. The molecular weight excluding hydrogens is 272 g/mol. The fourth-order valence-electron chi connectivity index (χ4n) is 2.00. The first-order valence-corrected chi connectivity index (χ1v) is 7.37. The summed E-state index contributed by atoms with van der Waals surface area (Å²) in [6.07, 6.45) is 4.48. The number of hydrogen-bond donors (Lipinski definition) is 1. The van der Waals surface area contributed by atoms with Crippen LogP contribution in [0.5, 0.6) is 0 Å². The second-order valence-corrected chi connectivity index (χ2v) is 5.79. The van der Waals surface area contributed by atoms with Gasteiger partial charge in [-0.05, 0) is 20.3 Å². The largest absolute Gasteiger partial charge is 0.361 e. The van der Waals surface area contributed by atoms with E-state index < -0.39 is 0 Å². The number of aryl methyl sites for hydroxylation is 2. The average Bonchev–Trinajstić information content (AvgIpc) is 3.06. The molecule has 0 saturated heterocycles. The number of nitrogens with one attached hydrogen (secondary N) is 1. The van der Waals surface area contributed by atoms with Crippen LogP contribution in [0.1, 0.15) is 35.5 Å². The maximum atomic E-state index is 4.47. The van der Waals surface area contributed by atoms with Gasteiger partial charge in [0, 0.05) is 22.8 Å². The maximum Gasteiger partial charge on any atom is 0.254 e. The Labute approximate surface area is 120 Å². The highest BCUT2D eigenvalue weighted by Gasteiger charge is 2.13. The van der Waals surface area contributed by atoms with Gasteiger partial charge in [0.2, 0.25) is 0 Å². The normalized spacial score (nSPS) is 12.8. The summed E-state index contributed by atoms with van der Waals surface area (Å²) in [5.41, 5.74) is 0.911. The molecular formula is C13H16N6S. The summed E-state index contributed by atoms with van der Waals surface area (Å²) in [5.74, 6) is 1.49. The molecule has 3 rings (SSSR count). The molecule has 3 aromatic rings. The molecule has 0 amide bonds. The van der Waals surface area contributed by atoms with Crippen LogP contribution in [0.2, 0.25) is 0 Å². The van der Waals surface area contributed by atoms with Crippen molar-refractivity contribution >= 4 is 22.9 Å². The molecule has 104 valence electrons. The molecule has 6 nitrogen and oxygen atoms in total. The maximum absolute atomic E-state index is 4.47. The van der Waals surface area contributed by atoms with Crippen LogP contribution in [-0.4, -0.2) is 24.6 Å². The first-order chi connectivity index (χ1) is 9.67. The standard InChI is InChI=1S/C13H16N6S/c1-4-10-6-14-12(20-10)9(3)18-11-5-8(2)17-13-15-7-16-19(11)13/h5-7,9,18H,4H2,1-3H3. The van der Waals surface area contributed by atoms with Gasteiger partial charge in [-0.3, -0.25) is 0 Å². The zero-order valence-electron chi connectivity index (χ0n) is 11.7. The highest BCUT2D eigenvalue weighted by molar-refractivity contribution is 7.11. The van der Waals surface area contributed by atoms with Gasteiger partial charge in [-0.25, -0.2) is 9.97 Å². The van der Waals surface area contributed by atoms with Crippen LogP contribution in [-0.2, 0) is 6.42 Å². The fraction of sp³-hybridized carbons (Fsp3) is 0.385. The van der Waals surface area contributed by atoms with Crippen molar-refractivity contribution in [2.45, 2.75) is 33.2 Å². The highest BCUT2D eigenvalue weighted by atomic mass is 32.1. The van der Waals surface area contributed by atoms with E-state index in [0.29, 0.717) is 5.78 Å². The summed E-state index contributed by atoms with van der Waals surface area (Å²) in [6.45, 7) is 6.18. The number of rotatable bonds is 4. The molecule has 1 atom stereocenters. The smallest absolute Gasteiger partial charge is 0.254 e. The number of aromatic nitrogens is 5. The lowest BCUT2D eigenvalue weighted by Gasteiger charge is -2.13. The summed E-state index contributed by atoms with van der Waals surface area (Å²) >= 11 is 1.74. The molecule has 0 aliphatic heterocycles. The van der Waals surface area contributed by atoms with Gasteiger partial charge >= 0.3 is 0 Å². The van der Waals surface area contributed by atoms with E-state index in [1.165, 1.54) is 11.2 Å². The number of nitrogens with zero attached hydrogens (tertiary/aromatic N) is 5.